The Morgan fingerprint density at radius 3 is 2.57 bits per heavy atom. The van der Waals surface area contributed by atoms with Crippen LogP contribution >= 0.6 is 11.8 Å². The molecule has 0 unspecified atom stereocenters. The summed E-state index contributed by atoms with van der Waals surface area (Å²) in [5, 5.41) is 11.2. The van der Waals surface area contributed by atoms with Crippen LogP contribution in [0, 0.1) is 11.8 Å². The molecule has 2 aliphatic heterocycles. The molecule has 0 aliphatic carbocycles. The summed E-state index contributed by atoms with van der Waals surface area (Å²) < 4.78 is 5.47. The lowest BCUT2D eigenvalue weighted by molar-refractivity contribution is -0.131. The number of rotatable bonds is 4. The first-order valence-electron chi connectivity index (χ1n) is 8.77. The first-order valence-corrected chi connectivity index (χ1v) is 9.99. The number of hydrogen-bond acceptors (Lipinski definition) is 4. The van der Waals surface area contributed by atoms with Gasteiger partial charge in [-0.15, -0.1) is 11.8 Å². The molecule has 0 bridgehead atoms. The van der Waals surface area contributed by atoms with E-state index in [4.69, 9.17) is 4.74 Å². The molecule has 1 N–H and O–H groups in total. The molecular formula is C19H29NO2S. The second-order valence-corrected chi connectivity index (χ2v) is 7.99. The monoisotopic (exact) mass is 335 g/mol. The number of likely N-dealkylation sites (tertiary alicyclic amines) is 1. The molecule has 2 aliphatic rings. The highest BCUT2D eigenvalue weighted by Crippen LogP contribution is 2.39. The number of aliphatic hydroxyl groups is 1. The number of piperidine rings is 1. The van der Waals surface area contributed by atoms with Crippen LogP contribution in [-0.4, -0.2) is 48.2 Å². The van der Waals surface area contributed by atoms with E-state index < -0.39 is 5.60 Å². The Morgan fingerprint density at radius 2 is 1.96 bits per heavy atom. The first kappa shape index (κ1) is 17.3. The van der Waals surface area contributed by atoms with Gasteiger partial charge in [0.2, 0.25) is 0 Å². The topological polar surface area (TPSA) is 32.7 Å². The van der Waals surface area contributed by atoms with Gasteiger partial charge in [-0.25, -0.2) is 0 Å². The lowest BCUT2D eigenvalue weighted by Crippen LogP contribution is -2.55. The Morgan fingerprint density at radius 1 is 1.26 bits per heavy atom. The molecule has 128 valence electrons. The predicted octanol–water partition coefficient (Wildman–Crippen LogP) is 3.41. The van der Waals surface area contributed by atoms with E-state index >= 15 is 0 Å². The van der Waals surface area contributed by atoms with Crippen LogP contribution in [0.4, 0.5) is 0 Å². The highest BCUT2D eigenvalue weighted by molar-refractivity contribution is 7.98. The second kappa shape index (κ2) is 7.56. The van der Waals surface area contributed by atoms with Gasteiger partial charge in [0.15, 0.2) is 0 Å². The molecule has 0 amide bonds. The zero-order chi connectivity index (χ0) is 16.3. The molecule has 3 nitrogen and oxygen atoms in total. The molecule has 2 atom stereocenters. The molecule has 23 heavy (non-hydrogen) atoms. The van der Waals surface area contributed by atoms with Crippen molar-refractivity contribution in [1.82, 2.24) is 4.90 Å². The van der Waals surface area contributed by atoms with Crippen molar-refractivity contribution in [3.63, 3.8) is 0 Å². The average Bonchev–Trinajstić information content (AvgIpc) is 2.60. The zero-order valence-corrected chi connectivity index (χ0v) is 15.1. The van der Waals surface area contributed by atoms with E-state index in [1.165, 1.54) is 10.5 Å². The zero-order valence-electron chi connectivity index (χ0n) is 14.3. The molecular weight excluding hydrogens is 306 g/mol. The summed E-state index contributed by atoms with van der Waals surface area (Å²) in [6.45, 7) is 6.80. The molecule has 0 spiro atoms. The summed E-state index contributed by atoms with van der Waals surface area (Å²) in [6, 6.07) is 8.86. The molecule has 1 aromatic carbocycles. The summed E-state index contributed by atoms with van der Waals surface area (Å²) in [4.78, 5) is 3.81. The van der Waals surface area contributed by atoms with E-state index in [0.717, 1.165) is 52.1 Å². The SMILES string of the molecule is CSc1ccc(CN2CC[C@@](O)(C3CCOCC3)[C@H](C)C2)cc1. The van der Waals surface area contributed by atoms with Gasteiger partial charge in [0.1, 0.15) is 0 Å². The fourth-order valence-electron chi connectivity index (χ4n) is 4.16. The smallest absolute Gasteiger partial charge is 0.0727 e. The Hall–Kier alpha value is -0.550. The lowest BCUT2D eigenvalue weighted by atomic mass is 9.70. The third kappa shape index (κ3) is 3.93. The molecule has 0 radical (unpaired) electrons. The highest BCUT2D eigenvalue weighted by Gasteiger charge is 2.45. The standard InChI is InChI=1S/C19H29NO2S/c1-15-13-20(14-16-3-5-18(23-2)6-4-16)10-9-19(15,21)17-7-11-22-12-8-17/h3-6,15,17,21H,7-14H2,1-2H3/t15-,19+/m1/s1. The van der Waals surface area contributed by atoms with Crippen molar-refractivity contribution >= 4 is 11.8 Å². The van der Waals surface area contributed by atoms with Gasteiger partial charge in [0, 0.05) is 37.7 Å². The summed E-state index contributed by atoms with van der Waals surface area (Å²) in [5.74, 6) is 0.735. The van der Waals surface area contributed by atoms with Gasteiger partial charge in [-0.1, -0.05) is 19.1 Å². The van der Waals surface area contributed by atoms with Gasteiger partial charge >= 0.3 is 0 Å². The minimum Gasteiger partial charge on any atom is -0.389 e. The molecule has 0 saturated carbocycles. The van der Waals surface area contributed by atoms with Crippen molar-refractivity contribution in [2.75, 3.05) is 32.6 Å². The van der Waals surface area contributed by atoms with Crippen molar-refractivity contribution in [3.8, 4) is 0 Å². The van der Waals surface area contributed by atoms with Crippen molar-refractivity contribution in [1.29, 1.82) is 0 Å². The van der Waals surface area contributed by atoms with E-state index in [2.05, 4.69) is 42.3 Å². The predicted molar refractivity (Wildman–Crippen MR) is 95.8 cm³/mol. The maximum atomic E-state index is 11.2. The number of thioether (sulfide) groups is 1. The summed E-state index contributed by atoms with van der Waals surface area (Å²) in [5.41, 5.74) is 0.870. The van der Waals surface area contributed by atoms with Gasteiger partial charge in [-0.05, 0) is 55.1 Å². The van der Waals surface area contributed by atoms with Gasteiger partial charge in [-0.3, -0.25) is 4.90 Å². The van der Waals surface area contributed by atoms with Crippen LogP contribution in [0.3, 0.4) is 0 Å². The van der Waals surface area contributed by atoms with Crippen LogP contribution in [0.25, 0.3) is 0 Å². The molecule has 4 heteroatoms. The van der Waals surface area contributed by atoms with E-state index in [1.807, 2.05) is 0 Å². The van der Waals surface area contributed by atoms with Gasteiger partial charge in [-0.2, -0.15) is 0 Å². The molecule has 1 aromatic rings. The lowest BCUT2D eigenvalue weighted by Gasteiger charge is -2.48. The van der Waals surface area contributed by atoms with Crippen molar-refractivity contribution < 1.29 is 9.84 Å². The van der Waals surface area contributed by atoms with Crippen LogP contribution in [0.2, 0.25) is 0 Å². The maximum absolute atomic E-state index is 11.2. The van der Waals surface area contributed by atoms with Gasteiger partial charge in [0.25, 0.3) is 0 Å². The number of benzene rings is 1. The van der Waals surface area contributed by atoms with Crippen LogP contribution < -0.4 is 0 Å². The Labute approximate surface area is 144 Å². The Kier molecular flexibility index (Phi) is 5.68. The van der Waals surface area contributed by atoms with Crippen molar-refractivity contribution in [2.45, 2.75) is 43.2 Å². The molecule has 2 fully saturated rings. The summed E-state index contributed by atoms with van der Waals surface area (Å²) >= 11 is 1.78. The number of hydrogen-bond donors (Lipinski definition) is 1. The van der Waals surface area contributed by atoms with E-state index in [0.29, 0.717) is 11.8 Å². The van der Waals surface area contributed by atoms with Gasteiger partial charge < -0.3 is 9.84 Å². The third-order valence-corrected chi connectivity index (χ3v) is 6.45. The normalized spacial score (nSPS) is 30.5. The Bertz CT molecular complexity index is 501. The van der Waals surface area contributed by atoms with Crippen LogP contribution in [-0.2, 0) is 11.3 Å². The highest BCUT2D eigenvalue weighted by atomic mass is 32.2. The summed E-state index contributed by atoms with van der Waals surface area (Å²) in [7, 11) is 0. The largest absolute Gasteiger partial charge is 0.389 e. The minimum absolute atomic E-state index is 0.324. The van der Waals surface area contributed by atoms with E-state index in [1.54, 1.807) is 11.8 Å². The first-order chi connectivity index (χ1) is 11.1. The maximum Gasteiger partial charge on any atom is 0.0727 e. The van der Waals surface area contributed by atoms with Crippen LogP contribution in [0.5, 0.6) is 0 Å². The number of nitrogens with zero attached hydrogens (tertiary/aromatic N) is 1. The fourth-order valence-corrected chi connectivity index (χ4v) is 4.57. The van der Waals surface area contributed by atoms with E-state index in [-0.39, 0.29) is 0 Å². The summed E-state index contributed by atoms with van der Waals surface area (Å²) in [6.07, 6.45) is 5.02. The second-order valence-electron chi connectivity index (χ2n) is 7.11. The molecule has 2 saturated heterocycles. The van der Waals surface area contributed by atoms with Gasteiger partial charge in [0.05, 0.1) is 5.60 Å². The number of ether oxygens (including phenoxy) is 1. The van der Waals surface area contributed by atoms with Crippen molar-refractivity contribution in [3.05, 3.63) is 29.8 Å². The Balaban J connectivity index is 1.58. The molecule has 0 aromatic heterocycles. The average molecular weight is 336 g/mol. The van der Waals surface area contributed by atoms with Crippen LogP contribution in [0.1, 0.15) is 31.7 Å². The van der Waals surface area contributed by atoms with Crippen molar-refractivity contribution in [2.24, 2.45) is 11.8 Å². The van der Waals surface area contributed by atoms with E-state index in [9.17, 15) is 5.11 Å². The quantitative estimate of drug-likeness (QED) is 0.855. The fraction of sp³-hybridized carbons (Fsp3) is 0.684. The minimum atomic E-state index is -0.497. The third-order valence-electron chi connectivity index (χ3n) is 5.71. The van der Waals surface area contributed by atoms with Crippen LogP contribution in [0.15, 0.2) is 29.2 Å². The molecule has 3 rings (SSSR count). The molecule has 2 heterocycles.